The van der Waals surface area contributed by atoms with Gasteiger partial charge in [0.25, 0.3) is 0 Å². The van der Waals surface area contributed by atoms with Crippen LogP contribution in [0.3, 0.4) is 0 Å². The van der Waals surface area contributed by atoms with Gasteiger partial charge in [0.1, 0.15) is 11.4 Å². The molecule has 0 aliphatic heterocycles. The first-order chi connectivity index (χ1) is 12.9. The zero-order valence-electron chi connectivity index (χ0n) is 14.0. The number of hydrogen-bond acceptors (Lipinski definition) is 3. The number of halogens is 4. The molecule has 0 N–H and O–H groups in total. The van der Waals surface area contributed by atoms with Crippen molar-refractivity contribution in [1.29, 1.82) is 0 Å². The third kappa shape index (κ3) is 3.04. The zero-order valence-corrected chi connectivity index (χ0v) is 14.8. The van der Waals surface area contributed by atoms with E-state index < -0.39 is 11.7 Å². The van der Waals surface area contributed by atoms with Crippen molar-refractivity contribution in [3.8, 4) is 22.5 Å². The summed E-state index contributed by atoms with van der Waals surface area (Å²) in [5.41, 5.74) is 1.99. The van der Waals surface area contributed by atoms with Gasteiger partial charge >= 0.3 is 6.18 Å². The van der Waals surface area contributed by atoms with Crippen molar-refractivity contribution in [2.75, 3.05) is 0 Å². The average molecular weight is 389 g/mol. The first-order valence-electron chi connectivity index (χ1n) is 7.98. The Bertz CT molecular complexity index is 1120. The number of rotatable bonds is 2. The van der Waals surface area contributed by atoms with E-state index >= 15 is 0 Å². The fourth-order valence-electron chi connectivity index (χ4n) is 2.89. The quantitative estimate of drug-likeness (QED) is 0.463. The molecule has 0 saturated heterocycles. The molecule has 0 fully saturated rings. The summed E-state index contributed by atoms with van der Waals surface area (Å²) in [6.07, 6.45) is -4.39. The van der Waals surface area contributed by atoms with Gasteiger partial charge < -0.3 is 0 Å². The van der Waals surface area contributed by atoms with Crippen LogP contribution in [0, 0.1) is 0 Å². The minimum atomic E-state index is -4.39. The van der Waals surface area contributed by atoms with Crippen LogP contribution in [0.5, 0.6) is 0 Å². The molecule has 0 amide bonds. The Hall–Kier alpha value is -2.93. The monoisotopic (exact) mass is 388 g/mol. The molecule has 2 aromatic carbocycles. The van der Waals surface area contributed by atoms with Crippen LogP contribution in [0.4, 0.5) is 13.2 Å². The van der Waals surface area contributed by atoms with E-state index in [2.05, 4.69) is 15.3 Å². The molecule has 0 aliphatic carbocycles. The standard InChI is InChI=1S/C19H12ClF3N4/c1-27-18-14(15(20)17(24-25-18)11-5-3-2-4-6-11)16(26-27)12-7-9-13(10-8-12)19(21,22)23/h2-10H,1H3. The van der Waals surface area contributed by atoms with Crippen molar-refractivity contribution in [2.45, 2.75) is 6.18 Å². The van der Waals surface area contributed by atoms with Gasteiger partial charge in [-0.3, -0.25) is 0 Å². The van der Waals surface area contributed by atoms with E-state index in [1.807, 2.05) is 30.3 Å². The second-order valence-electron chi connectivity index (χ2n) is 5.97. The van der Waals surface area contributed by atoms with E-state index in [1.54, 1.807) is 7.05 Å². The zero-order chi connectivity index (χ0) is 19.2. The third-order valence-electron chi connectivity index (χ3n) is 4.22. The van der Waals surface area contributed by atoms with E-state index in [9.17, 15) is 13.2 Å². The van der Waals surface area contributed by atoms with E-state index in [0.29, 0.717) is 33.0 Å². The third-order valence-corrected chi connectivity index (χ3v) is 4.59. The molecule has 8 heteroatoms. The van der Waals surface area contributed by atoms with Crippen LogP contribution in [0.2, 0.25) is 5.02 Å². The van der Waals surface area contributed by atoms with Crippen LogP contribution < -0.4 is 0 Å². The summed E-state index contributed by atoms with van der Waals surface area (Å²) in [6.45, 7) is 0. The fraction of sp³-hybridized carbons (Fsp3) is 0.105. The normalized spacial score (nSPS) is 11.9. The van der Waals surface area contributed by atoms with Gasteiger partial charge in [0.05, 0.1) is 16.0 Å². The molecule has 0 radical (unpaired) electrons. The van der Waals surface area contributed by atoms with Crippen LogP contribution in [0.1, 0.15) is 5.56 Å². The minimum absolute atomic E-state index is 0.356. The van der Waals surface area contributed by atoms with Crippen LogP contribution in [0.25, 0.3) is 33.5 Å². The van der Waals surface area contributed by atoms with Gasteiger partial charge in [0.15, 0.2) is 5.65 Å². The SMILES string of the molecule is Cn1nc(-c2ccc(C(F)(F)F)cc2)c2c(Cl)c(-c3ccccc3)nnc21. The highest BCUT2D eigenvalue weighted by molar-refractivity contribution is 6.38. The molecule has 2 aromatic heterocycles. The van der Waals surface area contributed by atoms with Gasteiger partial charge in [-0.15, -0.1) is 10.2 Å². The summed E-state index contributed by atoms with van der Waals surface area (Å²) in [6, 6.07) is 14.1. The number of aryl methyl sites for hydroxylation is 1. The number of benzene rings is 2. The Morgan fingerprint density at radius 2 is 1.48 bits per heavy atom. The molecule has 0 aliphatic rings. The molecule has 0 bridgehead atoms. The molecular weight excluding hydrogens is 377 g/mol. The molecule has 0 atom stereocenters. The summed E-state index contributed by atoms with van der Waals surface area (Å²) in [7, 11) is 1.68. The Balaban J connectivity index is 1.91. The summed E-state index contributed by atoms with van der Waals surface area (Å²) >= 11 is 6.61. The predicted octanol–water partition coefficient (Wildman–Crippen LogP) is 5.37. The van der Waals surface area contributed by atoms with Crippen molar-refractivity contribution in [1.82, 2.24) is 20.0 Å². The second-order valence-corrected chi connectivity index (χ2v) is 6.35. The van der Waals surface area contributed by atoms with E-state index in [4.69, 9.17) is 11.6 Å². The molecule has 2 heterocycles. The van der Waals surface area contributed by atoms with Crippen LogP contribution >= 0.6 is 11.6 Å². The van der Waals surface area contributed by atoms with Crippen molar-refractivity contribution in [3.63, 3.8) is 0 Å². The maximum Gasteiger partial charge on any atom is 0.416 e. The molecule has 4 nitrogen and oxygen atoms in total. The topological polar surface area (TPSA) is 43.6 Å². The van der Waals surface area contributed by atoms with E-state index in [-0.39, 0.29) is 0 Å². The smallest absolute Gasteiger partial charge is 0.248 e. The predicted molar refractivity (Wildman–Crippen MR) is 97.2 cm³/mol. The molecule has 0 saturated carbocycles. The summed E-state index contributed by atoms with van der Waals surface area (Å²) in [5.74, 6) is 0. The van der Waals surface area contributed by atoms with Crippen molar-refractivity contribution in [2.24, 2.45) is 7.05 Å². The summed E-state index contributed by atoms with van der Waals surface area (Å²) < 4.78 is 40.0. The Labute approximate surface area is 157 Å². The van der Waals surface area contributed by atoms with Gasteiger partial charge in [0.2, 0.25) is 0 Å². The largest absolute Gasteiger partial charge is 0.416 e. The Morgan fingerprint density at radius 1 is 0.852 bits per heavy atom. The van der Waals surface area contributed by atoms with E-state index in [1.165, 1.54) is 16.8 Å². The molecule has 4 aromatic rings. The lowest BCUT2D eigenvalue weighted by molar-refractivity contribution is -0.137. The van der Waals surface area contributed by atoms with E-state index in [0.717, 1.165) is 17.7 Å². The Kier molecular flexibility index (Phi) is 4.11. The molecule has 0 unspecified atom stereocenters. The van der Waals surface area contributed by atoms with Gasteiger partial charge in [-0.1, -0.05) is 54.1 Å². The number of aromatic nitrogens is 4. The number of fused-ring (bicyclic) bond motifs is 1. The van der Waals surface area contributed by atoms with Crippen molar-refractivity contribution >= 4 is 22.6 Å². The lowest BCUT2D eigenvalue weighted by atomic mass is 10.1. The molecule has 4 rings (SSSR count). The lowest BCUT2D eigenvalue weighted by Crippen LogP contribution is -2.04. The van der Waals surface area contributed by atoms with Gasteiger partial charge in [-0.2, -0.15) is 18.3 Å². The number of alkyl halides is 3. The fourth-order valence-corrected chi connectivity index (χ4v) is 3.21. The molecule has 27 heavy (non-hydrogen) atoms. The summed E-state index contributed by atoms with van der Waals surface area (Å²) in [5, 5.41) is 13.7. The highest BCUT2D eigenvalue weighted by Gasteiger charge is 2.30. The van der Waals surface area contributed by atoms with Crippen molar-refractivity contribution in [3.05, 3.63) is 65.2 Å². The maximum absolute atomic E-state index is 12.8. The molecule has 0 spiro atoms. The second kappa shape index (κ2) is 6.35. The average Bonchev–Trinajstić information content (AvgIpc) is 3.00. The van der Waals surface area contributed by atoms with Crippen LogP contribution in [0.15, 0.2) is 54.6 Å². The maximum atomic E-state index is 12.8. The first-order valence-corrected chi connectivity index (χ1v) is 8.36. The van der Waals surface area contributed by atoms with Crippen LogP contribution in [-0.4, -0.2) is 20.0 Å². The number of hydrogen-bond donors (Lipinski definition) is 0. The minimum Gasteiger partial charge on any atom is -0.248 e. The molecular formula is C19H12ClF3N4. The lowest BCUT2D eigenvalue weighted by Gasteiger charge is -2.07. The highest BCUT2D eigenvalue weighted by atomic mass is 35.5. The number of nitrogens with zero attached hydrogens (tertiary/aromatic N) is 4. The van der Waals surface area contributed by atoms with Crippen molar-refractivity contribution < 1.29 is 13.2 Å². The summed E-state index contributed by atoms with van der Waals surface area (Å²) in [4.78, 5) is 0. The first kappa shape index (κ1) is 17.5. The van der Waals surface area contributed by atoms with Gasteiger partial charge in [-0.05, 0) is 12.1 Å². The van der Waals surface area contributed by atoms with Gasteiger partial charge in [0, 0.05) is 18.2 Å². The molecule has 136 valence electrons. The Morgan fingerprint density at radius 3 is 2.11 bits per heavy atom. The van der Waals surface area contributed by atoms with Crippen LogP contribution in [-0.2, 0) is 13.2 Å². The highest BCUT2D eigenvalue weighted by Crippen LogP contribution is 2.38. The van der Waals surface area contributed by atoms with Gasteiger partial charge in [-0.25, -0.2) is 4.68 Å².